The molecule has 0 fully saturated rings. The minimum Gasteiger partial charge on any atom is -0.497 e. The van der Waals surface area contributed by atoms with E-state index >= 15 is 0 Å². The standard InChI is InChI=1S/C20H20N2O4/c1-3-11-21-17-15-9-4-5-10-16(15)26-20(24)18(17)22-19(23)13-7-6-8-14(12-13)25-2/h4-10,12,21H,3,11H2,1-2H3,(H,22,23). The Morgan fingerprint density at radius 3 is 2.69 bits per heavy atom. The van der Waals surface area contributed by atoms with E-state index in [1.807, 2.05) is 19.1 Å². The fourth-order valence-corrected chi connectivity index (χ4v) is 2.65. The Hall–Kier alpha value is -3.28. The monoisotopic (exact) mass is 352 g/mol. The topological polar surface area (TPSA) is 80.6 Å². The second-order valence-corrected chi connectivity index (χ2v) is 5.75. The Kier molecular flexibility index (Phi) is 5.22. The highest BCUT2D eigenvalue weighted by atomic mass is 16.5. The number of nitrogens with one attached hydrogen (secondary N) is 2. The first-order valence-electron chi connectivity index (χ1n) is 8.39. The predicted molar refractivity (Wildman–Crippen MR) is 102 cm³/mol. The van der Waals surface area contributed by atoms with Crippen LogP contribution >= 0.6 is 0 Å². The summed E-state index contributed by atoms with van der Waals surface area (Å²) in [5, 5.41) is 6.65. The molecule has 0 saturated heterocycles. The molecule has 26 heavy (non-hydrogen) atoms. The maximum absolute atomic E-state index is 12.6. The number of hydrogen-bond donors (Lipinski definition) is 2. The van der Waals surface area contributed by atoms with Crippen LogP contribution in [0.2, 0.25) is 0 Å². The van der Waals surface area contributed by atoms with Crippen molar-refractivity contribution in [3.63, 3.8) is 0 Å². The molecule has 0 aliphatic heterocycles. The van der Waals surface area contributed by atoms with Crippen molar-refractivity contribution in [1.29, 1.82) is 0 Å². The van der Waals surface area contributed by atoms with Crippen LogP contribution < -0.4 is 21.0 Å². The number of anilines is 2. The highest BCUT2D eigenvalue weighted by molar-refractivity contribution is 6.08. The second kappa shape index (κ2) is 7.74. The average molecular weight is 352 g/mol. The zero-order chi connectivity index (χ0) is 18.5. The Morgan fingerprint density at radius 2 is 1.92 bits per heavy atom. The number of methoxy groups -OCH3 is 1. The number of fused-ring (bicyclic) bond motifs is 1. The van der Waals surface area contributed by atoms with Gasteiger partial charge in [-0.15, -0.1) is 0 Å². The van der Waals surface area contributed by atoms with E-state index in [1.165, 1.54) is 7.11 Å². The van der Waals surface area contributed by atoms with Gasteiger partial charge in [0.05, 0.1) is 12.8 Å². The molecule has 2 aromatic carbocycles. The molecule has 0 atom stereocenters. The minimum atomic E-state index is -0.599. The summed E-state index contributed by atoms with van der Waals surface area (Å²) < 4.78 is 10.5. The second-order valence-electron chi connectivity index (χ2n) is 5.75. The van der Waals surface area contributed by atoms with Crippen molar-refractivity contribution >= 4 is 28.3 Å². The summed E-state index contributed by atoms with van der Waals surface area (Å²) in [5.41, 5.74) is 0.923. The molecule has 1 amide bonds. The lowest BCUT2D eigenvalue weighted by atomic mass is 10.1. The molecule has 0 aliphatic rings. The van der Waals surface area contributed by atoms with Gasteiger partial charge in [0, 0.05) is 17.5 Å². The van der Waals surface area contributed by atoms with E-state index in [0.29, 0.717) is 29.1 Å². The van der Waals surface area contributed by atoms with Crippen molar-refractivity contribution in [2.24, 2.45) is 0 Å². The lowest BCUT2D eigenvalue weighted by molar-refractivity contribution is 0.102. The number of carbonyl (C=O) groups is 1. The molecule has 6 heteroatoms. The SMILES string of the molecule is CCCNc1c(NC(=O)c2cccc(OC)c2)c(=O)oc2ccccc12. The summed E-state index contributed by atoms with van der Waals surface area (Å²) in [4.78, 5) is 25.1. The molecular formula is C20H20N2O4. The maximum atomic E-state index is 12.6. The number of amides is 1. The predicted octanol–water partition coefficient (Wildman–Crippen LogP) is 3.88. The van der Waals surface area contributed by atoms with E-state index in [0.717, 1.165) is 11.8 Å². The fourth-order valence-electron chi connectivity index (χ4n) is 2.65. The number of ether oxygens (including phenoxy) is 1. The molecule has 1 heterocycles. The van der Waals surface area contributed by atoms with E-state index in [2.05, 4.69) is 10.6 Å². The van der Waals surface area contributed by atoms with E-state index in [9.17, 15) is 9.59 Å². The molecule has 0 radical (unpaired) electrons. The van der Waals surface area contributed by atoms with Crippen LogP contribution in [0, 0.1) is 0 Å². The Balaban J connectivity index is 2.04. The largest absolute Gasteiger partial charge is 0.497 e. The van der Waals surface area contributed by atoms with Crippen molar-refractivity contribution < 1.29 is 13.9 Å². The van der Waals surface area contributed by atoms with Gasteiger partial charge >= 0.3 is 5.63 Å². The third kappa shape index (κ3) is 3.54. The summed E-state index contributed by atoms with van der Waals surface area (Å²) in [6, 6.07) is 13.9. The summed E-state index contributed by atoms with van der Waals surface area (Å²) in [5.74, 6) is 0.151. The van der Waals surface area contributed by atoms with E-state index in [-0.39, 0.29) is 5.69 Å². The smallest absolute Gasteiger partial charge is 0.362 e. The lowest BCUT2D eigenvalue weighted by Gasteiger charge is -2.14. The third-order valence-corrected chi connectivity index (χ3v) is 3.94. The Bertz CT molecular complexity index is 995. The van der Waals surface area contributed by atoms with Gasteiger partial charge in [0.15, 0.2) is 5.69 Å². The van der Waals surface area contributed by atoms with Crippen LogP contribution in [0.4, 0.5) is 11.4 Å². The number of benzene rings is 2. The molecule has 1 aromatic heterocycles. The van der Waals surface area contributed by atoms with Crippen molar-refractivity contribution in [2.75, 3.05) is 24.3 Å². The molecule has 0 bridgehead atoms. The summed E-state index contributed by atoms with van der Waals surface area (Å²) >= 11 is 0. The van der Waals surface area contributed by atoms with Crippen LogP contribution in [0.3, 0.4) is 0 Å². The zero-order valence-electron chi connectivity index (χ0n) is 14.7. The fraction of sp³-hybridized carbons (Fsp3) is 0.200. The molecule has 0 aliphatic carbocycles. The summed E-state index contributed by atoms with van der Waals surface area (Å²) in [6.07, 6.45) is 0.873. The Morgan fingerprint density at radius 1 is 1.12 bits per heavy atom. The zero-order valence-corrected chi connectivity index (χ0v) is 14.7. The first-order valence-corrected chi connectivity index (χ1v) is 8.39. The van der Waals surface area contributed by atoms with Gasteiger partial charge in [0.25, 0.3) is 5.91 Å². The van der Waals surface area contributed by atoms with Gasteiger partial charge in [-0.2, -0.15) is 0 Å². The normalized spacial score (nSPS) is 10.5. The first kappa shape index (κ1) is 17.5. The van der Waals surface area contributed by atoms with Gasteiger partial charge in [-0.05, 0) is 36.8 Å². The van der Waals surface area contributed by atoms with E-state index in [4.69, 9.17) is 9.15 Å². The van der Waals surface area contributed by atoms with Crippen molar-refractivity contribution in [2.45, 2.75) is 13.3 Å². The molecule has 0 spiro atoms. The van der Waals surface area contributed by atoms with Crippen LogP contribution in [0.25, 0.3) is 11.0 Å². The molecule has 0 unspecified atom stereocenters. The molecule has 3 rings (SSSR count). The first-order chi connectivity index (χ1) is 12.6. The highest BCUT2D eigenvalue weighted by Crippen LogP contribution is 2.29. The van der Waals surface area contributed by atoms with Crippen LogP contribution in [0.15, 0.2) is 57.7 Å². The van der Waals surface area contributed by atoms with Crippen molar-refractivity contribution in [3.8, 4) is 5.75 Å². The minimum absolute atomic E-state index is 0.102. The molecule has 134 valence electrons. The number of hydrogen-bond acceptors (Lipinski definition) is 5. The summed E-state index contributed by atoms with van der Waals surface area (Å²) in [7, 11) is 1.53. The van der Waals surface area contributed by atoms with E-state index < -0.39 is 11.5 Å². The van der Waals surface area contributed by atoms with Crippen LogP contribution in [-0.4, -0.2) is 19.6 Å². The number of rotatable bonds is 6. The molecular weight excluding hydrogens is 332 g/mol. The Labute approximate surface area is 150 Å². The van der Waals surface area contributed by atoms with Gasteiger partial charge in [-0.3, -0.25) is 4.79 Å². The van der Waals surface area contributed by atoms with Gasteiger partial charge in [0.2, 0.25) is 0 Å². The average Bonchev–Trinajstić information content (AvgIpc) is 2.67. The van der Waals surface area contributed by atoms with Gasteiger partial charge in [-0.1, -0.05) is 25.1 Å². The molecule has 3 aromatic rings. The van der Waals surface area contributed by atoms with Gasteiger partial charge in [0.1, 0.15) is 11.3 Å². The number of para-hydroxylation sites is 1. The van der Waals surface area contributed by atoms with E-state index in [1.54, 1.807) is 36.4 Å². The highest BCUT2D eigenvalue weighted by Gasteiger charge is 2.17. The lowest BCUT2D eigenvalue weighted by Crippen LogP contribution is -2.20. The third-order valence-electron chi connectivity index (χ3n) is 3.94. The maximum Gasteiger partial charge on any atom is 0.362 e. The number of carbonyl (C=O) groups excluding carboxylic acids is 1. The van der Waals surface area contributed by atoms with Gasteiger partial charge in [-0.25, -0.2) is 4.79 Å². The molecule has 6 nitrogen and oxygen atoms in total. The van der Waals surface area contributed by atoms with Crippen molar-refractivity contribution in [3.05, 3.63) is 64.5 Å². The van der Waals surface area contributed by atoms with Crippen LogP contribution in [-0.2, 0) is 0 Å². The van der Waals surface area contributed by atoms with Crippen molar-refractivity contribution in [1.82, 2.24) is 0 Å². The van der Waals surface area contributed by atoms with Crippen LogP contribution in [0.1, 0.15) is 23.7 Å². The van der Waals surface area contributed by atoms with Crippen LogP contribution in [0.5, 0.6) is 5.75 Å². The quantitative estimate of drug-likeness (QED) is 0.658. The van der Waals surface area contributed by atoms with Gasteiger partial charge < -0.3 is 19.8 Å². The summed E-state index contributed by atoms with van der Waals surface area (Å²) in [6.45, 7) is 2.69. The molecule has 2 N–H and O–H groups in total. The molecule has 0 saturated carbocycles.